The summed E-state index contributed by atoms with van der Waals surface area (Å²) in [6.07, 6.45) is 1.78. The number of hydrogen-bond donors (Lipinski definition) is 1. The van der Waals surface area contributed by atoms with Crippen LogP contribution in [0.5, 0.6) is 11.5 Å². The van der Waals surface area contributed by atoms with Crippen LogP contribution in [0.25, 0.3) is 17.2 Å². The van der Waals surface area contributed by atoms with Crippen LogP contribution < -0.4 is 9.47 Å². The Labute approximate surface area is 151 Å². The molecule has 0 saturated carbocycles. The summed E-state index contributed by atoms with van der Waals surface area (Å²) in [7, 11) is 3.16. The SMILES string of the molecule is COc1cc(C=C2C(C)=C(CC(=O)O)c3cc(F)ccc32)cc(OC)c1. The van der Waals surface area contributed by atoms with Crippen molar-refractivity contribution in [3.8, 4) is 11.5 Å². The van der Waals surface area contributed by atoms with Crippen molar-refractivity contribution >= 4 is 23.2 Å². The maximum Gasteiger partial charge on any atom is 0.307 e. The first-order chi connectivity index (χ1) is 12.4. The van der Waals surface area contributed by atoms with Crippen molar-refractivity contribution < 1.29 is 23.8 Å². The van der Waals surface area contributed by atoms with Gasteiger partial charge in [0.1, 0.15) is 17.3 Å². The van der Waals surface area contributed by atoms with E-state index in [1.165, 1.54) is 12.1 Å². The monoisotopic (exact) mass is 354 g/mol. The minimum Gasteiger partial charge on any atom is -0.497 e. The van der Waals surface area contributed by atoms with E-state index in [0.29, 0.717) is 22.6 Å². The Balaban J connectivity index is 2.17. The van der Waals surface area contributed by atoms with Gasteiger partial charge in [0.15, 0.2) is 0 Å². The molecule has 0 saturated heterocycles. The molecule has 2 aromatic carbocycles. The molecular formula is C21H19FO4. The van der Waals surface area contributed by atoms with Crippen LogP contribution in [0.1, 0.15) is 30.0 Å². The van der Waals surface area contributed by atoms with E-state index in [1.54, 1.807) is 26.4 Å². The van der Waals surface area contributed by atoms with Crippen LogP contribution >= 0.6 is 0 Å². The standard InChI is InChI=1S/C21H19FO4/c1-12-18(8-13-6-15(25-2)10-16(7-13)26-3)17-5-4-14(22)9-20(17)19(12)11-21(23)24/h4-10H,11H2,1-3H3,(H,23,24). The van der Waals surface area contributed by atoms with Gasteiger partial charge in [0.2, 0.25) is 0 Å². The van der Waals surface area contributed by atoms with Crippen LogP contribution in [-0.4, -0.2) is 25.3 Å². The molecule has 0 bridgehead atoms. The third kappa shape index (κ3) is 3.33. The molecule has 0 spiro atoms. The zero-order chi connectivity index (χ0) is 18.8. The molecule has 0 radical (unpaired) electrons. The van der Waals surface area contributed by atoms with Crippen LogP contribution in [-0.2, 0) is 4.79 Å². The number of carboxylic acids is 1. The van der Waals surface area contributed by atoms with E-state index in [1.807, 2.05) is 25.1 Å². The van der Waals surface area contributed by atoms with Gasteiger partial charge in [-0.15, -0.1) is 0 Å². The van der Waals surface area contributed by atoms with Crippen LogP contribution in [0.2, 0.25) is 0 Å². The topological polar surface area (TPSA) is 55.8 Å². The van der Waals surface area contributed by atoms with E-state index in [0.717, 1.165) is 22.3 Å². The highest BCUT2D eigenvalue weighted by molar-refractivity contribution is 6.07. The maximum absolute atomic E-state index is 13.7. The predicted molar refractivity (Wildman–Crippen MR) is 98.7 cm³/mol. The molecule has 0 fully saturated rings. The number of fused-ring (bicyclic) bond motifs is 1. The number of hydrogen-bond acceptors (Lipinski definition) is 3. The van der Waals surface area contributed by atoms with Crippen molar-refractivity contribution in [3.63, 3.8) is 0 Å². The van der Waals surface area contributed by atoms with Gasteiger partial charge in [0.05, 0.1) is 20.6 Å². The largest absolute Gasteiger partial charge is 0.497 e. The predicted octanol–water partition coefficient (Wildman–Crippen LogP) is 4.65. The van der Waals surface area contributed by atoms with Gasteiger partial charge < -0.3 is 14.6 Å². The number of ether oxygens (including phenoxy) is 2. The summed E-state index contributed by atoms with van der Waals surface area (Å²) in [5.74, 6) is -0.0237. The first-order valence-electron chi connectivity index (χ1n) is 8.10. The summed E-state index contributed by atoms with van der Waals surface area (Å²) in [6.45, 7) is 1.86. The van der Waals surface area contributed by atoms with Crippen LogP contribution in [0, 0.1) is 5.82 Å². The molecule has 1 N–H and O–H groups in total. The van der Waals surface area contributed by atoms with Gasteiger partial charge in [-0.2, -0.15) is 0 Å². The molecule has 1 aliphatic rings. The summed E-state index contributed by atoms with van der Waals surface area (Å²) >= 11 is 0. The molecule has 2 aromatic rings. The highest BCUT2D eigenvalue weighted by Gasteiger charge is 2.25. The second-order valence-corrected chi connectivity index (χ2v) is 6.07. The Morgan fingerprint density at radius 1 is 1.08 bits per heavy atom. The van der Waals surface area contributed by atoms with E-state index in [2.05, 4.69) is 0 Å². The summed E-state index contributed by atoms with van der Waals surface area (Å²) in [6, 6.07) is 9.97. The maximum atomic E-state index is 13.7. The van der Waals surface area contributed by atoms with E-state index in [9.17, 15) is 14.3 Å². The van der Waals surface area contributed by atoms with E-state index in [4.69, 9.17) is 9.47 Å². The molecule has 1 aliphatic carbocycles. The van der Waals surface area contributed by atoms with Gasteiger partial charge in [-0.3, -0.25) is 4.79 Å². The first-order valence-corrected chi connectivity index (χ1v) is 8.10. The van der Waals surface area contributed by atoms with E-state index < -0.39 is 5.97 Å². The summed E-state index contributed by atoms with van der Waals surface area (Å²) in [4.78, 5) is 11.2. The number of allylic oxidation sites excluding steroid dienone is 2. The van der Waals surface area contributed by atoms with Crippen LogP contribution in [0.4, 0.5) is 4.39 Å². The fraction of sp³-hybridized carbons (Fsp3) is 0.190. The van der Waals surface area contributed by atoms with Crippen molar-refractivity contribution in [1.29, 1.82) is 0 Å². The van der Waals surface area contributed by atoms with Crippen molar-refractivity contribution in [3.05, 3.63) is 64.5 Å². The molecule has 0 aromatic heterocycles. The van der Waals surface area contributed by atoms with Crippen molar-refractivity contribution in [2.45, 2.75) is 13.3 Å². The van der Waals surface area contributed by atoms with Crippen LogP contribution in [0.15, 0.2) is 42.0 Å². The van der Waals surface area contributed by atoms with Crippen molar-refractivity contribution in [2.24, 2.45) is 0 Å². The molecular weight excluding hydrogens is 335 g/mol. The number of carboxylic acid groups (broad SMARTS) is 1. The van der Waals surface area contributed by atoms with Gasteiger partial charge in [0.25, 0.3) is 0 Å². The fourth-order valence-electron chi connectivity index (χ4n) is 3.21. The molecule has 0 aliphatic heterocycles. The molecule has 0 atom stereocenters. The highest BCUT2D eigenvalue weighted by atomic mass is 19.1. The fourth-order valence-corrected chi connectivity index (χ4v) is 3.21. The zero-order valence-corrected chi connectivity index (χ0v) is 14.8. The van der Waals surface area contributed by atoms with Gasteiger partial charge in [0, 0.05) is 6.07 Å². The summed E-state index contributed by atoms with van der Waals surface area (Å²) in [5.41, 5.74) is 4.63. The van der Waals surface area contributed by atoms with Gasteiger partial charge >= 0.3 is 5.97 Å². The first kappa shape index (κ1) is 17.7. The Morgan fingerprint density at radius 2 is 1.73 bits per heavy atom. The van der Waals surface area contributed by atoms with E-state index >= 15 is 0 Å². The zero-order valence-electron chi connectivity index (χ0n) is 14.8. The number of halogens is 1. The van der Waals surface area contributed by atoms with E-state index in [-0.39, 0.29) is 12.2 Å². The minimum absolute atomic E-state index is 0.152. The Bertz CT molecular complexity index is 919. The average molecular weight is 354 g/mol. The summed E-state index contributed by atoms with van der Waals surface area (Å²) < 4.78 is 24.3. The van der Waals surface area contributed by atoms with Gasteiger partial charge in [-0.1, -0.05) is 6.07 Å². The second kappa shape index (κ2) is 7.04. The minimum atomic E-state index is -0.945. The number of rotatable bonds is 5. The molecule has 0 heterocycles. The third-order valence-electron chi connectivity index (χ3n) is 4.47. The number of benzene rings is 2. The highest BCUT2D eigenvalue weighted by Crippen LogP contribution is 2.44. The molecule has 26 heavy (non-hydrogen) atoms. The lowest BCUT2D eigenvalue weighted by atomic mass is 10.0. The lowest BCUT2D eigenvalue weighted by molar-refractivity contribution is -0.135. The summed E-state index contributed by atoms with van der Waals surface area (Å²) in [5, 5.41) is 9.22. The van der Waals surface area contributed by atoms with Crippen molar-refractivity contribution in [2.75, 3.05) is 14.2 Å². The normalized spacial score (nSPS) is 14.5. The van der Waals surface area contributed by atoms with Gasteiger partial charge in [-0.25, -0.2) is 4.39 Å². The second-order valence-electron chi connectivity index (χ2n) is 6.07. The third-order valence-corrected chi connectivity index (χ3v) is 4.47. The Kier molecular flexibility index (Phi) is 4.80. The quantitative estimate of drug-likeness (QED) is 0.849. The van der Waals surface area contributed by atoms with Crippen LogP contribution in [0.3, 0.4) is 0 Å². The number of carbonyl (C=O) groups is 1. The molecule has 134 valence electrons. The van der Waals surface area contributed by atoms with Gasteiger partial charge in [-0.05, 0) is 70.7 Å². The molecule has 5 heteroatoms. The number of methoxy groups -OCH3 is 2. The Hall–Kier alpha value is -3.08. The van der Waals surface area contributed by atoms with Crippen molar-refractivity contribution in [1.82, 2.24) is 0 Å². The average Bonchev–Trinajstić information content (AvgIpc) is 2.86. The number of aliphatic carboxylic acids is 1. The molecule has 4 nitrogen and oxygen atoms in total. The molecule has 3 rings (SSSR count). The molecule has 0 amide bonds. The smallest absolute Gasteiger partial charge is 0.307 e. The lowest BCUT2D eigenvalue weighted by Gasteiger charge is -2.08. The lowest BCUT2D eigenvalue weighted by Crippen LogP contribution is -1.97. The Morgan fingerprint density at radius 3 is 2.31 bits per heavy atom. The molecule has 0 unspecified atom stereocenters.